The van der Waals surface area contributed by atoms with E-state index in [0.29, 0.717) is 18.3 Å². The number of carbonyl (C=O) groups excluding carboxylic acids is 1. The highest BCUT2D eigenvalue weighted by molar-refractivity contribution is 7.98. The van der Waals surface area contributed by atoms with Gasteiger partial charge in [0.15, 0.2) is 5.82 Å². The number of likely N-dealkylation sites (tertiary alicyclic amines) is 1. The fraction of sp³-hybridized carbons (Fsp3) is 0.548. The first-order valence-electron chi connectivity index (χ1n) is 14.7. The normalized spacial score (nSPS) is 24.7. The number of thioether (sulfide) groups is 1. The minimum absolute atomic E-state index is 0.0400. The van der Waals surface area contributed by atoms with Crippen LogP contribution in [0.5, 0.6) is 0 Å². The van der Waals surface area contributed by atoms with Gasteiger partial charge in [-0.1, -0.05) is 13.8 Å². The van der Waals surface area contributed by atoms with Crippen molar-refractivity contribution < 1.29 is 4.79 Å². The van der Waals surface area contributed by atoms with Crippen molar-refractivity contribution in [3.05, 3.63) is 58.7 Å². The zero-order chi connectivity index (χ0) is 28.0. The van der Waals surface area contributed by atoms with Gasteiger partial charge in [0.05, 0.1) is 12.0 Å². The zero-order valence-electron chi connectivity index (χ0n) is 24.4. The third-order valence-corrected chi connectivity index (χ3v) is 9.65. The molecule has 2 aliphatic heterocycles. The molecule has 1 amide bonds. The van der Waals surface area contributed by atoms with E-state index >= 15 is 0 Å². The van der Waals surface area contributed by atoms with E-state index in [0.717, 1.165) is 73.3 Å². The summed E-state index contributed by atoms with van der Waals surface area (Å²) in [6.07, 6.45) is 8.41. The minimum atomic E-state index is -0.263. The van der Waals surface area contributed by atoms with Gasteiger partial charge in [-0.2, -0.15) is 5.10 Å². The second kappa shape index (κ2) is 10.8. The lowest BCUT2D eigenvalue weighted by molar-refractivity contribution is 0.0995. The van der Waals surface area contributed by atoms with Gasteiger partial charge in [-0.15, -0.1) is 11.8 Å². The van der Waals surface area contributed by atoms with Gasteiger partial charge in [-0.3, -0.25) is 19.3 Å². The molecule has 3 aliphatic rings. The number of aryl methyl sites for hydroxylation is 1. The molecule has 1 saturated heterocycles. The van der Waals surface area contributed by atoms with Crippen LogP contribution in [0.3, 0.4) is 0 Å². The fourth-order valence-electron chi connectivity index (χ4n) is 7.02. The Morgan fingerprint density at radius 3 is 2.65 bits per heavy atom. The van der Waals surface area contributed by atoms with E-state index in [1.54, 1.807) is 22.8 Å². The molecular formula is C31H41N7OS. The number of piperidine rings is 1. The molecule has 1 aliphatic carbocycles. The molecule has 212 valence electrons. The molecule has 2 fully saturated rings. The summed E-state index contributed by atoms with van der Waals surface area (Å²) in [5, 5.41) is 8.14. The molecule has 0 spiro atoms. The molecule has 0 bridgehead atoms. The SMILES string of the molecule is CCNc1cc(C2(c3ncn(C)n3)CC(C)C2)cc(N2Cc3c(SC)cc(CN4CCC[C@H](C)C4)cc3C2=O)n1. The molecule has 1 saturated carbocycles. The average molecular weight is 560 g/mol. The molecule has 9 heteroatoms. The second-order valence-corrected chi connectivity index (χ2v) is 13.0. The number of nitrogens with zero attached hydrogens (tertiary/aromatic N) is 6. The molecule has 0 radical (unpaired) electrons. The van der Waals surface area contributed by atoms with E-state index in [-0.39, 0.29) is 11.3 Å². The van der Waals surface area contributed by atoms with Crippen LogP contribution in [0.25, 0.3) is 0 Å². The quantitative estimate of drug-likeness (QED) is 0.367. The van der Waals surface area contributed by atoms with Gasteiger partial charge in [0.1, 0.15) is 18.0 Å². The summed E-state index contributed by atoms with van der Waals surface area (Å²) in [6.45, 7) is 11.1. The van der Waals surface area contributed by atoms with Crippen LogP contribution in [-0.2, 0) is 25.6 Å². The molecular weight excluding hydrogens is 518 g/mol. The van der Waals surface area contributed by atoms with E-state index in [1.807, 2.05) is 11.9 Å². The first kappa shape index (κ1) is 27.3. The summed E-state index contributed by atoms with van der Waals surface area (Å²) in [5.41, 5.74) is 4.03. The van der Waals surface area contributed by atoms with Crippen molar-refractivity contribution in [3.63, 3.8) is 0 Å². The summed E-state index contributed by atoms with van der Waals surface area (Å²) >= 11 is 1.73. The summed E-state index contributed by atoms with van der Waals surface area (Å²) in [6, 6.07) is 8.68. The molecule has 1 aromatic carbocycles. The number of carbonyl (C=O) groups is 1. The van der Waals surface area contributed by atoms with E-state index in [2.05, 4.69) is 66.5 Å². The van der Waals surface area contributed by atoms with Crippen molar-refractivity contribution in [1.82, 2.24) is 24.6 Å². The number of hydrogen-bond donors (Lipinski definition) is 1. The average Bonchev–Trinajstić information content (AvgIpc) is 3.49. The number of anilines is 2. The molecule has 8 nitrogen and oxygen atoms in total. The maximum atomic E-state index is 14.0. The predicted molar refractivity (Wildman–Crippen MR) is 161 cm³/mol. The van der Waals surface area contributed by atoms with Crippen molar-refractivity contribution in [1.29, 1.82) is 0 Å². The van der Waals surface area contributed by atoms with Gasteiger partial charge in [-0.05, 0) is 98.2 Å². The van der Waals surface area contributed by atoms with Crippen LogP contribution in [0.1, 0.15) is 79.3 Å². The smallest absolute Gasteiger partial charge is 0.260 e. The van der Waals surface area contributed by atoms with E-state index in [1.165, 1.54) is 23.3 Å². The Bertz CT molecular complexity index is 1410. The largest absolute Gasteiger partial charge is 0.370 e. The van der Waals surface area contributed by atoms with Gasteiger partial charge in [0.2, 0.25) is 0 Å². The topological polar surface area (TPSA) is 79.2 Å². The number of fused-ring (bicyclic) bond motifs is 1. The van der Waals surface area contributed by atoms with Crippen LogP contribution in [0, 0.1) is 11.8 Å². The van der Waals surface area contributed by atoms with Gasteiger partial charge in [0.25, 0.3) is 5.91 Å². The predicted octanol–water partition coefficient (Wildman–Crippen LogP) is 5.47. The molecule has 0 unspecified atom stereocenters. The third kappa shape index (κ3) is 4.91. The summed E-state index contributed by atoms with van der Waals surface area (Å²) in [7, 11) is 1.91. The number of benzene rings is 1. The number of pyridine rings is 1. The molecule has 3 aromatic rings. The Labute approximate surface area is 241 Å². The molecule has 4 heterocycles. The van der Waals surface area contributed by atoms with Crippen LogP contribution in [0.2, 0.25) is 0 Å². The summed E-state index contributed by atoms with van der Waals surface area (Å²) in [5.74, 6) is 3.70. The van der Waals surface area contributed by atoms with Crippen molar-refractivity contribution in [2.75, 3.05) is 36.1 Å². The lowest BCUT2D eigenvalue weighted by atomic mass is 9.59. The Morgan fingerprint density at radius 2 is 1.98 bits per heavy atom. The maximum Gasteiger partial charge on any atom is 0.260 e. The van der Waals surface area contributed by atoms with Crippen LogP contribution in [-0.4, -0.2) is 56.4 Å². The van der Waals surface area contributed by atoms with E-state index in [9.17, 15) is 4.79 Å². The van der Waals surface area contributed by atoms with Crippen molar-refractivity contribution >= 4 is 29.3 Å². The Balaban J connectivity index is 1.35. The molecule has 2 aromatic heterocycles. The molecule has 6 rings (SSSR count). The van der Waals surface area contributed by atoms with Gasteiger partial charge in [0, 0.05) is 37.1 Å². The Morgan fingerprint density at radius 1 is 1.15 bits per heavy atom. The lowest BCUT2D eigenvalue weighted by Gasteiger charge is -2.45. The Kier molecular flexibility index (Phi) is 7.38. The molecule has 40 heavy (non-hydrogen) atoms. The van der Waals surface area contributed by atoms with Gasteiger partial charge in [-0.25, -0.2) is 9.97 Å². The van der Waals surface area contributed by atoms with Crippen molar-refractivity contribution in [2.45, 2.75) is 69.9 Å². The Hall–Kier alpha value is -2.91. The number of hydrogen-bond acceptors (Lipinski definition) is 7. The highest BCUT2D eigenvalue weighted by Gasteiger charge is 2.48. The monoisotopic (exact) mass is 559 g/mol. The van der Waals surface area contributed by atoms with E-state index < -0.39 is 0 Å². The van der Waals surface area contributed by atoms with Crippen molar-refractivity contribution in [2.24, 2.45) is 18.9 Å². The highest BCUT2D eigenvalue weighted by Crippen LogP contribution is 2.52. The van der Waals surface area contributed by atoms with Crippen molar-refractivity contribution in [3.8, 4) is 0 Å². The summed E-state index contributed by atoms with van der Waals surface area (Å²) < 4.78 is 1.78. The van der Waals surface area contributed by atoms with Gasteiger partial charge >= 0.3 is 0 Å². The van der Waals surface area contributed by atoms with Crippen LogP contribution >= 0.6 is 11.8 Å². The zero-order valence-corrected chi connectivity index (χ0v) is 25.2. The highest BCUT2D eigenvalue weighted by atomic mass is 32.2. The fourth-order valence-corrected chi connectivity index (χ4v) is 7.71. The minimum Gasteiger partial charge on any atom is -0.370 e. The second-order valence-electron chi connectivity index (χ2n) is 12.2. The molecule has 1 N–H and O–H groups in total. The lowest BCUT2D eigenvalue weighted by Crippen LogP contribution is -2.42. The van der Waals surface area contributed by atoms with Crippen LogP contribution in [0.4, 0.5) is 11.6 Å². The number of amides is 1. The standard InChI is InChI=1S/C31H41N7OS/c1-6-32-27-12-23(31(14-21(3)15-31)30-33-19-36(4)35-30)13-28(34-27)38-18-25-24(29(38)39)10-22(11-26(25)40-5)17-37-9-7-8-20(2)16-37/h10-13,19-21H,6-9,14-18H2,1-5H3,(H,32,34)/t20-,21?,31?/m0/s1. The molecule has 1 atom stereocenters. The third-order valence-electron chi connectivity index (χ3n) is 8.85. The van der Waals surface area contributed by atoms with Crippen LogP contribution < -0.4 is 10.2 Å². The maximum absolute atomic E-state index is 14.0. The number of aromatic nitrogens is 4. The summed E-state index contributed by atoms with van der Waals surface area (Å²) in [4.78, 5) is 29.2. The first-order chi connectivity index (χ1) is 19.3. The first-order valence-corrected chi connectivity index (χ1v) is 15.9. The number of nitrogens with one attached hydrogen (secondary N) is 1. The van der Waals surface area contributed by atoms with E-state index in [4.69, 9.17) is 10.1 Å². The number of rotatable bonds is 8. The van der Waals surface area contributed by atoms with Crippen LogP contribution in [0.15, 0.2) is 35.5 Å². The van der Waals surface area contributed by atoms with Gasteiger partial charge < -0.3 is 5.32 Å².